The lowest BCUT2D eigenvalue weighted by Gasteiger charge is -2.21. The van der Waals surface area contributed by atoms with Gasteiger partial charge in [-0.2, -0.15) is 0 Å². The Morgan fingerprint density at radius 1 is 1.59 bits per heavy atom. The summed E-state index contributed by atoms with van der Waals surface area (Å²) < 4.78 is 15.8. The van der Waals surface area contributed by atoms with Crippen LogP contribution in [-0.4, -0.2) is 30.3 Å². The summed E-state index contributed by atoms with van der Waals surface area (Å²) in [6, 6.07) is 0. The minimum atomic E-state index is -0.424. The van der Waals surface area contributed by atoms with Crippen LogP contribution in [0.4, 0.5) is 0 Å². The second kappa shape index (κ2) is 5.82. The van der Waals surface area contributed by atoms with Crippen molar-refractivity contribution in [3.8, 4) is 0 Å². The predicted molar refractivity (Wildman–Crippen MR) is 59.8 cm³/mol. The van der Waals surface area contributed by atoms with Gasteiger partial charge in [-0.15, -0.1) is 0 Å². The highest BCUT2D eigenvalue weighted by Crippen LogP contribution is 2.19. The smallest absolute Gasteiger partial charge is 0.360 e. The maximum atomic E-state index is 11.6. The van der Waals surface area contributed by atoms with Crippen LogP contribution in [-0.2, 0) is 15.9 Å². The highest BCUT2D eigenvalue weighted by Gasteiger charge is 2.22. The van der Waals surface area contributed by atoms with Gasteiger partial charge < -0.3 is 13.9 Å². The third-order valence-corrected chi connectivity index (χ3v) is 2.80. The zero-order valence-corrected chi connectivity index (χ0v) is 9.98. The van der Waals surface area contributed by atoms with E-state index in [9.17, 15) is 4.79 Å². The number of nitrogens with zero attached hydrogens (tertiary/aromatic N) is 1. The molecule has 0 spiro atoms. The molecule has 1 saturated heterocycles. The lowest BCUT2D eigenvalue weighted by atomic mass is 10.0. The van der Waals surface area contributed by atoms with Gasteiger partial charge in [0.25, 0.3) is 0 Å². The summed E-state index contributed by atoms with van der Waals surface area (Å²) in [5.74, 6) is 0.141. The number of esters is 1. The van der Waals surface area contributed by atoms with Gasteiger partial charge in [0, 0.05) is 13.0 Å². The van der Waals surface area contributed by atoms with E-state index in [2.05, 4.69) is 4.98 Å². The van der Waals surface area contributed by atoms with E-state index in [0.717, 1.165) is 25.9 Å². The SMILES string of the molecule is CCOC(=O)c1ncoc1CC1CCCCO1. The van der Waals surface area contributed by atoms with Crippen LogP contribution in [0, 0.1) is 0 Å². The van der Waals surface area contributed by atoms with Crippen LogP contribution in [0.15, 0.2) is 10.8 Å². The number of hydrogen-bond acceptors (Lipinski definition) is 5. The number of rotatable bonds is 4. The number of ether oxygens (including phenoxy) is 2. The van der Waals surface area contributed by atoms with Crippen molar-refractivity contribution in [3.05, 3.63) is 17.8 Å². The Bertz CT molecular complexity index is 368. The molecule has 94 valence electrons. The summed E-state index contributed by atoms with van der Waals surface area (Å²) >= 11 is 0. The van der Waals surface area contributed by atoms with E-state index in [4.69, 9.17) is 13.9 Å². The molecule has 5 nitrogen and oxygen atoms in total. The number of carbonyl (C=O) groups excluding carboxylic acids is 1. The molecule has 1 unspecified atom stereocenters. The van der Waals surface area contributed by atoms with E-state index >= 15 is 0 Å². The first-order valence-corrected chi connectivity index (χ1v) is 6.02. The average molecular weight is 239 g/mol. The normalized spacial score (nSPS) is 20.2. The molecule has 0 saturated carbocycles. The Hall–Kier alpha value is -1.36. The summed E-state index contributed by atoms with van der Waals surface area (Å²) in [6.45, 7) is 2.89. The molecule has 0 bridgehead atoms. The standard InChI is InChI=1S/C12H17NO4/c1-2-15-12(14)11-10(17-8-13-11)7-9-5-3-4-6-16-9/h8-9H,2-7H2,1H3. The van der Waals surface area contributed by atoms with Gasteiger partial charge in [-0.25, -0.2) is 9.78 Å². The molecule has 1 fully saturated rings. The highest BCUT2D eigenvalue weighted by molar-refractivity contribution is 5.88. The van der Waals surface area contributed by atoms with E-state index in [-0.39, 0.29) is 11.8 Å². The van der Waals surface area contributed by atoms with E-state index in [1.165, 1.54) is 6.39 Å². The first-order valence-electron chi connectivity index (χ1n) is 6.02. The molecule has 0 aliphatic carbocycles. The van der Waals surface area contributed by atoms with Crippen LogP contribution in [0.3, 0.4) is 0 Å². The molecule has 1 aromatic heterocycles. The van der Waals surface area contributed by atoms with Crippen molar-refractivity contribution in [2.24, 2.45) is 0 Å². The van der Waals surface area contributed by atoms with Crippen molar-refractivity contribution in [1.29, 1.82) is 0 Å². The molecule has 2 heterocycles. The lowest BCUT2D eigenvalue weighted by Crippen LogP contribution is -2.22. The highest BCUT2D eigenvalue weighted by atomic mass is 16.5. The Balaban J connectivity index is 2.00. The molecule has 5 heteroatoms. The van der Waals surface area contributed by atoms with Crippen LogP contribution in [0.5, 0.6) is 0 Å². The molecular formula is C12H17NO4. The third-order valence-electron chi connectivity index (χ3n) is 2.80. The van der Waals surface area contributed by atoms with Gasteiger partial charge in [-0.05, 0) is 26.2 Å². The monoisotopic (exact) mass is 239 g/mol. The molecule has 1 aliphatic rings. The van der Waals surface area contributed by atoms with Gasteiger partial charge in [0.05, 0.1) is 12.7 Å². The van der Waals surface area contributed by atoms with Crippen LogP contribution in [0.1, 0.15) is 42.4 Å². The Labute approximate surface area is 100 Å². The second-order valence-corrected chi connectivity index (χ2v) is 4.04. The van der Waals surface area contributed by atoms with Crippen molar-refractivity contribution >= 4 is 5.97 Å². The minimum absolute atomic E-state index is 0.130. The third kappa shape index (κ3) is 3.06. The van der Waals surface area contributed by atoms with Gasteiger partial charge in [0.2, 0.25) is 0 Å². The van der Waals surface area contributed by atoms with Crippen LogP contribution in [0.25, 0.3) is 0 Å². The number of oxazole rings is 1. The molecule has 0 radical (unpaired) electrons. The summed E-state index contributed by atoms with van der Waals surface area (Å²) in [4.78, 5) is 15.5. The van der Waals surface area contributed by atoms with Crippen molar-refractivity contribution in [2.75, 3.05) is 13.2 Å². The number of carbonyl (C=O) groups is 1. The second-order valence-electron chi connectivity index (χ2n) is 4.04. The molecule has 17 heavy (non-hydrogen) atoms. The molecular weight excluding hydrogens is 222 g/mol. The maximum absolute atomic E-state index is 11.6. The van der Waals surface area contributed by atoms with Gasteiger partial charge in [0.1, 0.15) is 5.76 Å². The van der Waals surface area contributed by atoms with E-state index in [0.29, 0.717) is 18.8 Å². The van der Waals surface area contributed by atoms with Crippen molar-refractivity contribution in [3.63, 3.8) is 0 Å². The zero-order valence-electron chi connectivity index (χ0n) is 9.98. The van der Waals surface area contributed by atoms with Crippen molar-refractivity contribution in [1.82, 2.24) is 4.98 Å². The molecule has 0 amide bonds. The number of aromatic nitrogens is 1. The lowest BCUT2D eigenvalue weighted by molar-refractivity contribution is 0.0136. The fraction of sp³-hybridized carbons (Fsp3) is 0.667. The van der Waals surface area contributed by atoms with Crippen LogP contribution < -0.4 is 0 Å². The van der Waals surface area contributed by atoms with Gasteiger partial charge >= 0.3 is 5.97 Å². The Kier molecular flexibility index (Phi) is 4.14. The zero-order chi connectivity index (χ0) is 12.1. The fourth-order valence-corrected chi connectivity index (χ4v) is 1.96. The summed E-state index contributed by atoms with van der Waals surface area (Å²) in [5.41, 5.74) is 0.279. The van der Waals surface area contributed by atoms with Gasteiger partial charge in [0.15, 0.2) is 12.1 Å². The molecule has 0 N–H and O–H groups in total. The first-order chi connectivity index (χ1) is 8.31. The average Bonchev–Trinajstić information content (AvgIpc) is 2.79. The quantitative estimate of drug-likeness (QED) is 0.752. The van der Waals surface area contributed by atoms with Crippen LogP contribution in [0.2, 0.25) is 0 Å². The van der Waals surface area contributed by atoms with Gasteiger partial charge in [-0.3, -0.25) is 0 Å². The van der Waals surface area contributed by atoms with Crippen LogP contribution >= 0.6 is 0 Å². The van der Waals surface area contributed by atoms with Gasteiger partial charge in [-0.1, -0.05) is 0 Å². The molecule has 1 aromatic rings. The molecule has 0 aromatic carbocycles. The largest absolute Gasteiger partial charge is 0.461 e. The first kappa shape index (κ1) is 12.1. The summed E-state index contributed by atoms with van der Waals surface area (Å²) in [5, 5.41) is 0. The summed E-state index contributed by atoms with van der Waals surface area (Å²) in [7, 11) is 0. The topological polar surface area (TPSA) is 61.6 Å². The maximum Gasteiger partial charge on any atom is 0.360 e. The molecule has 2 rings (SSSR count). The van der Waals surface area contributed by atoms with E-state index in [1.54, 1.807) is 6.92 Å². The minimum Gasteiger partial charge on any atom is -0.461 e. The van der Waals surface area contributed by atoms with E-state index in [1.807, 2.05) is 0 Å². The Morgan fingerprint density at radius 3 is 3.18 bits per heavy atom. The fourth-order valence-electron chi connectivity index (χ4n) is 1.96. The van der Waals surface area contributed by atoms with E-state index < -0.39 is 5.97 Å². The van der Waals surface area contributed by atoms with Crippen molar-refractivity contribution in [2.45, 2.75) is 38.7 Å². The molecule has 1 aliphatic heterocycles. The molecule has 1 atom stereocenters. The summed E-state index contributed by atoms with van der Waals surface area (Å²) in [6.07, 6.45) is 5.28. The van der Waals surface area contributed by atoms with Crippen molar-refractivity contribution < 1.29 is 18.7 Å². The Morgan fingerprint density at radius 2 is 2.47 bits per heavy atom. The predicted octanol–water partition coefficient (Wildman–Crippen LogP) is 1.96. The number of hydrogen-bond donors (Lipinski definition) is 0.